The molecule has 2 aromatic rings. The van der Waals surface area contributed by atoms with Crippen LogP contribution in [0.5, 0.6) is 5.75 Å². The van der Waals surface area contributed by atoms with E-state index in [0.29, 0.717) is 17.9 Å². The molecule has 1 aromatic heterocycles. The highest BCUT2D eigenvalue weighted by Crippen LogP contribution is 2.21. The van der Waals surface area contributed by atoms with Gasteiger partial charge < -0.3 is 14.6 Å². The molecule has 0 bridgehead atoms. The first-order chi connectivity index (χ1) is 8.70. The zero-order valence-corrected chi connectivity index (χ0v) is 10.3. The van der Waals surface area contributed by atoms with Gasteiger partial charge in [0.2, 0.25) is 0 Å². The summed E-state index contributed by atoms with van der Waals surface area (Å²) in [6.45, 7) is 2.42. The summed E-state index contributed by atoms with van der Waals surface area (Å²) in [6, 6.07) is 6.49. The Morgan fingerprint density at radius 1 is 1.44 bits per heavy atom. The van der Waals surface area contributed by atoms with Crippen molar-refractivity contribution in [2.45, 2.75) is 19.5 Å². The van der Waals surface area contributed by atoms with Crippen LogP contribution in [0, 0.1) is 5.82 Å². The standard InChI is InChI=1S/C13H15FN2O2/c1-9(15-8-10-5-6-18-16-10)12-4-3-11(17-2)7-13(12)14/h3-7,9,15H,8H2,1-2H3. The minimum Gasteiger partial charge on any atom is -0.497 e. The lowest BCUT2D eigenvalue weighted by Gasteiger charge is -2.14. The molecule has 0 radical (unpaired) electrons. The molecule has 0 aliphatic carbocycles. The highest BCUT2D eigenvalue weighted by Gasteiger charge is 2.11. The highest BCUT2D eigenvalue weighted by molar-refractivity contribution is 5.30. The second-order valence-corrected chi connectivity index (χ2v) is 3.98. The molecule has 1 atom stereocenters. The number of benzene rings is 1. The molecular formula is C13H15FN2O2. The number of rotatable bonds is 5. The van der Waals surface area contributed by atoms with Gasteiger partial charge in [-0.15, -0.1) is 0 Å². The summed E-state index contributed by atoms with van der Waals surface area (Å²) in [7, 11) is 1.51. The Morgan fingerprint density at radius 2 is 2.28 bits per heavy atom. The second kappa shape index (κ2) is 5.64. The van der Waals surface area contributed by atoms with Gasteiger partial charge in [-0.25, -0.2) is 4.39 Å². The first-order valence-corrected chi connectivity index (χ1v) is 5.67. The van der Waals surface area contributed by atoms with Crippen LogP contribution in [0.2, 0.25) is 0 Å². The average molecular weight is 250 g/mol. The summed E-state index contributed by atoms with van der Waals surface area (Å²) >= 11 is 0. The normalized spacial score (nSPS) is 12.4. The van der Waals surface area contributed by atoms with Crippen molar-refractivity contribution in [3.05, 3.63) is 47.6 Å². The molecule has 5 heteroatoms. The van der Waals surface area contributed by atoms with Gasteiger partial charge in [0.1, 0.15) is 17.8 Å². The van der Waals surface area contributed by atoms with Crippen molar-refractivity contribution in [3.8, 4) is 5.75 Å². The van der Waals surface area contributed by atoms with Crippen LogP contribution >= 0.6 is 0 Å². The number of nitrogens with one attached hydrogen (secondary N) is 1. The van der Waals surface area contributed by atoms with Crippen molar-refractivity contribution in [3.63, 3.8) is 0 Å². The summed E-state index contributed by atoms with van der Waals surface area (Å²) in [4.78, 5) is 0. The average Bonchev–Trinajstić information content (AvgIpc) is 2.88. The van der Waals surface area contributed by atoms with E-state index in [1.165, 1.54) is 19.4 Å². The maximum Gasteiger partial charge on any atom is 0.131 e. The molecule has 96 valence electrons. The van der Waals surface area contributed by atoms with E-state index in [0.717, 1.165) is 5.69 Å². The van der Waals surface area contributed by atoms with E-state index in [1.807, 2.05) is 6.92 Å². The van der Waals surface area contributed by atoms with Gasteiger partial charge in [-0.2, -0.15) is 0 Å². The van der Waals surface area contributed by atoms with E-state index in [9.17, 15) is 4.39 Å². The van der Waals surface area contributed by atoms with Crippen molar-refractivity contribution in [1.82, 2.24) is 10.5 Å². The number of ether oxygens (including phenoxy) is 1. The quantitative estimate of drug-likeness (QED) is 0.886. The van der Waals surface area contributed by atoms with Crippen LogP contribution in [0.4, 0.5) is 4.39 Å². The van der Waals surface area contributed by atoms with Gasteiger partial charge in [-0.1, -0.05) is 11.2 Å². The molecule has 4 nitrogen and oxygen atoms in total. The summed E-state index contributed by atoms with van der Waals surface area (Å²) in [5.41, 5.74) is 1.38. The first kappa shape index (κ1) is 12.6. The van der Waals surface area contributed by atoms with E-state index in [4.69, 9.17) is 9.26 Å². The number of halogens is 1. The van der Waals surface area contributed by atoms with Crippen LogP contribution in [-0.2, 0) is 6.54 Å². The summed E-state index contributed by atoms with van der Waals surface area (Å²) in [5, 5.41) is 6.96. The number of nitrogens with zero attached hydrogens (tertiary/aromatic N) is 1. The molecule has 1 N–H and O–H groups in total. The molecule has 0 saturated carbocycles. The maximum absolute atomic E-state index is 13.8. The lowest BCUT2D eigenvalue weighted by Crippen LogP contribution is -2.19. The van der Waals surface area contributed by atoms with Gasteiger partial charge in [0.25, 0.3) is 0 Å². The molecule has 0 saturated heterocycles. The Labute approximate surface area is 105 Å². The van der Waals surface area contributed by atoms with Crippen LogP contribution in [0.25, 0.3) is 0 Å². The Morgan fingerprint density at radius 3 is 2.89 bits per heavy atom. The Balaban J connectivity index is 2.02. The monoisotopic (exact) mass is 250 g/mol. The van der Waals surface area contributed by atoms with E-state index in [-0.39, 0.29) is 11.9 Å². The molecule has 2 rings (SSSR count). The summed E-state index contributed by atoms with van der Waals surface area (Å²) in [6.07, 6.45) is 1.51. The predicted molar refractivity (Wildman–Crippen MR) is 64.7 cm³/mol. The topological polar surface area (TPSA) is 47.3 Å². The molecule has 1 aromatic carbocycles. The second-order valence-electron chi connectivity index (χ2n) is 3.98. The van der Waals surface area contributed by atoms with Gasteiger partial charge in [0.05, 0.1) is 12.8 Å². The zero-order valence-electron chi connectivity index (χ0n) is 10.3. The molecular weight excluding hydrogens is 235 g/mol. The van der Waals surface area contributed by atoms with E-state index in [1.54, 1.807) is 18.2 Å². The van der Waals surface area contributed by atoms with Gasteiger partial charge >= 0.3 is 0 Å². The molecule has 18 heavy (non-hydrogen) atoms. The summed E-state index contributed by atoms with van der Waals surface area (Å²) in [5.74, 6) is 0.231. The predicted octanol–water partition coefficient (Wildman–Crippen LogP) is 2.67. The Bertz CT molecular complexity index is 500. The Hall–Kier alpha value is -1.88. The number of aromatic nitrogens is 1. The first-order valence-electron chi connectivity index (χ1n) is 5.67. The lowest BCUT2D eigenvalue weighted by molar-refractivity contribution is 0.403. The van der Waals surface area contributed by atoms with Crippen LogP contribution in [-0.4, -0.2) is 12.3 Å². The van der Waals surface area contributed by atoms with E-state index >= 15 is 0 Å². The fourth-order valence-electron chi connectivity index (χ4n) is 1.68. The Kier molecular flexibility index (Phi) is 3.94. The third kappa shape index (κ3) is 2.87. The SMILES string of the molecule is COc1ccc(C(C)NCc2ccon2)c(F)c1. The van der Waals surface area contributed by atoms with Gasteiger partial charge in [0, 0.05) is 30.3 Å². The largest absolute Gasteiger partial charge is 0.497 e. The lowest BCUT2D eigenvalue weighted by atomic mass is 10.1. The van der Waals surface area contributed by atoms with Crippen molar-refractivity contribution in [2.24, 2.45) is 0 Å². The van der Waals surface area contributed by atoms with Gasteiger partial charge in [-0.05, 0) is 13.0 Å². The van der Waals surface area contributed by atoms with Crippen LogP contribution in [0.15, 0.2) is 35.1 Å². The smallest absolute Gasteiger partial charge is 0.131 e. The molecule has 0 aliphatic heterocycles. The summed E-state index contributed by atoms with van der Waals surface area (Å²) < 4.78 is 23.5. The van der Waals surface area contributed by atoms with Crippen molar-refractivity contribution < 1.29 is 13.7 Å². The van der Waals surface area contributed by atoms with Crippen LogP contribution < -0.4 is 10.1 Å². The van der Waals surface area contributed by atoms with E-state index in [2.05, 4.69) is 10.5 Å². The minimum atomic E-state index is -0.283. The highest BCUT2D eigenvalue weighted by atomic mass is 19.1. The van der Waals surface area contributed by atoms with Gasteiger partial charge in [-0.3, -0.25) is 0 Å². The van der Waals surface area contributed by atoms with Crippen molar-refractivity contribution >= 4 is 0 Å². The fourth-order valence-corrected chi connectivity index (χ4v) is 1.68. The third-order valence-electron chi connectivity index (χ3n) is 2.75. The zero-order chi connectivity index (χ0) is 13.0. The van der Waals surface area contributed by atoms with Crippen LogP contribution in [0.1, 0.15) is 24.2 Å². The van der Waals surface area contributed by atoms with Crippen LogP contribution in [0.3, 0.4) is 0 Å². The maximum atomic E-state index is 13.8. The van der Waals surface area contributed by atoms with Crippen molar-refractivity contribution in [1.29, 1.82) is 0 Å². The molecule has 0 fully saturated rings. The number of hydrogen-bond acceptors (Lipinski definition) is 4. The van der Waals surface area contributed by atoms with Crippen molar-refractivity contribution in [2.75, 3.05) is 7.11 Å². The molecule has 0 aliphatic rings. The molecule has 1 heterocycles. The number of methoxy groups -OCH3 is 1. The fraction of sp³-hybridized carbons (Fsp3) is 0.308. The van der Waals surface area contributed by atoms with E-state index < -0.39 is 0 Å². The minimum absolute atomic E-state index is 0.118. The molecule has 0 amide bonds. The molecule has 0 spiro atoms. The third-order valence-corrected chi connectivity index (χ3v) is 2.75. The number of hydrogen-bond donors (Lipinski definition) is 1. The molecule has 1 unspecified atom stereocenters. The van der Waals surface area contributed by atoms with Gasteiger partial charge in [0.15, 0.2) is 0 Å².